The normalized spacial score (nSPS) is 10.9. The molecular formula is C14H12BrNO. The zero-order valence-corrected chi connectivity index (χ0v) is 11.0. The van der Waals surface area contributed by atoms with Crippen molar-refractivity contribution in [3.05, 3.63) is 58.1 Å². The lowest BCUT2D eigenvalue weighted by Gasteiger charge is -1.99. The minimum Gasteiger partial charge on any atom is -0.508 e. The Balaban J connectivity index is 2.20. The number of phenols is 1. The number of nitrogens with zero attached hydrogens (tertiary/aromatic N) is 1. The lowest BCUT2D eigenvalue weighted by Crippen LogP contribution is -1.79. The molecule has 86 valence electrons. The van der Waals surface area contributed by atoms with Crippen LogP contribution in [0.15, 0.2) is 51.9 Å². The summed E-state index contributed by atoms with van der Waals surface area (Å²) < 4.78 is 1.05. The van der Waals surface area contributed by atoms with Gasteiger partial charge in [-0.25, -0.2) is 0 Å². The number of benzene rings is 2. The summed E-state index contributed by atoms with van der Waals surface area (Å²) >= 11 is 3.47. The van der Waals surface area contributed by atoms with Crippen LogP contribution in [0.2, 0.25) is 0 Å². The molecule has 0 aliphatic carbocycles. The van der Waals surface area contributed by atoms with Gasteiger partial charge in [-0.15, -0.1) is 0 Å². The highest BCUT2D eigenvalue weighted by molar-refractivity contribution is 9.10. The van der Waals surface area contributed by atoms with E-state index in [1.807, 2.05) is 37.3 Å². The second-order valence-corrected chi connectivity index (χ2v) is 4.64. The van der Waals surface area contributed by atoms with Crippen LogP contribution < -0.4 is 0 Å². The number of hydrogen-bond acceptors (Lipinski definition) is 2. The molecule has 2 aromatic rings. The molecule has 0 atom stereocenters. The quantitative estimate of drug-likeness (QED) is 0.825. The fourth-order valence-electron chi connectivity index (χ4n) is 1.37. The van der Waals surface area contributed by atoms with E-state index in [4.69, 9.17) is 5.11 Å². The number of aliphatic imine (C=N–C) groups is 1. The Morgan fingerprint density at radius 3 is 2.47 bits per heavy atom. The van der Waals surface area contributed by atoms with Crippen LogP contribution in [-0.4, -0.2) is 11.3 Å². The third-order valence-electron chi connectivity index (χ3n) is 2.41. The first-order valence-corrected chi connectivity index (χ1v) is 6.04. The maximum atomic E-state index is 9.16. The van der Waals surface area contributed by atoms with Crippen LogP contribution in [0.1, 0.15) is 11.1 Å². The highest BCUT2D eigenvalue weighted by Crippen LogP contribution is 2.22. The number of aromatic hydroxyl groups is 1. The van der Waals surface area contributed by atoms with Crippen molar-refractivity contribution in [2.75, 3.05) is 0 Å². The van der Waals surface area contributed by atoms with E-state index in [0.29, 0.717) is 0 Å². The van der Waals surface area contributed by atoms with E-state index in [2.05, 4.69) is 20.9 Å². The summed E-state index contributed by atoms with van der Waals surface area (Å²) in [5.41, 5.74) is 3.05. The van der Waals surface area contributed by atoms with Gasteiger partial charge in [-0.2, -0.15) is 0 Å². The van der Waals surface area contributed by atoms with Crippen LogP contribution in [0.4, 0.5) is 5.69 Å². The molecule has 0 saturated heterocycles. The lowest BCUT2D eigenvalue weighted by molar-refractivity contribution is 0.475. The second-order valence-electron chi connectivity index (χ2n) is 3.78. The Morgan fingerprint density at radius 2 is 1.82 bits per heavy atom. The third-order valence-corrected chi connectivity index (χ3v) is 3.27. The average Bonchev–Trinajstić information content (AvgIpc) is 2.33. The van der Waals surface area contributed by atoms with E-state index < -0.39 is 0 Å². The molecule has 0 heterocycles. The smallest absolute Gasteiger partial charge is 0.115 e. The van der Waals surface area contributed by atoms with Crippen LogP contribution >= 0.6 is 15.9 Å². The van der Waals surface area contributed by atoms with E-state index >= 15 is 0 Å². The number of rotatable bonds is 2. The fraction of sp³-hybridized carbons (Fsp3) is 0.0714. The zero-order valence-electron chi connectivity index (χ0n) is 9.39. The molecular weight excluding hydrogens is 278 g/mol. The predicted molar refractivity (Wildman–Crippen MR) is 74.2 cm³/mol. The standard InChI is InChI=1S/C14H12BrNO/c1-10-2-5-12(8-14(10)15)16-9-11-3-6-13(17)7-4-11/h2-9,17H,1H3. The van der Waals surface area contributed by atoms with Crippen LogP contribution in [0, 0.1) is 6.92 Å². The number of halogens is 1. The zero-order chi connectivity index (χ0) is 12.3. The van der Waals surface area contributed by atoms with Crippen molar-refractivity contribution in [2.24, 2.45) is 4.99 Å². The second kappa shape index (κ2) is 5.15. The predicted octanol–water partition coefficient (Wildman–Crippen LogP) is 4.21. The van der Waals surface area contributed by atoms with Crippen molar-refractivity contribution >= 4 is 27.8 Å². The van der Waals surface area contributed by atoms with Gasteiger partial charge in [-0.3, -0.25) is 4.99 Å². The first-order valence-electron chi connectivity index (χ1n) is 5.24. The molecule has 0 aromatic heterocycles. The summed E-state index contributed by atoms with van der Waals surface area (Å²) in [5.74, 6) is 0.264. The summed E-state index contributed by atoms with van der Waals surface area (Å²) in [7, 11) is 0. The van der Waals surface area contributed by atoms with E-state index in [-0.39, 0.29) is 5.75 Å². The molecule has 17 heavy (non-hydrogen) atoms. The van der Waals surface area contributed by atoms with Gasteiger partial charge in [0, 0.05) is 10.7 Å². The van der Waals surface area contributed by atoms with Gasteiger partial charge >= 0.3 is 0 Å². The Bertz CT molecular complexity index is 547. The van der Waals surface area contributed by atoms with Crippen LogP contribution in [0.3, 0.4) is 0 Å². The topological polar surface area (TPSA) is 32.6 Å². The Kier molecular flexibility index (Phi) is 3.59. The minimum atomic E-state index is 0.264. The average molecular weight is 290 g/mol. The van der Waals surface area contributed by atoms with Crippen molar-refractivity contribution in [3.63, 3.8) is 0 Å². The summed E-state index contributed by atoms with van der Waals surface area (Å²) in [6, 6.07) is 12.9. The summed E-state index contributed by atoms with van der Waals surface area (Å²) in [6.45, 7) is 2.04. The Morgan fingerprint density at radius 1 is 1.12 bits per heavy atom. The number of aryl methyl sites for hydroxylation is 1. The first kappa shape index (κ1) is 11.9. The number of phenolic OH excluding ortho intramolecular Hbond substituents is 1. The van der Waals surface area contributed by atoms with Crippen molar-refractivity contribution in [1.29, 1.82) is 0 Å². The van der Waals surface area contributed by atoms with Gasteiger partial charge in [-0.1, -0.05) is 22.0 Å². The molecule has 0 amide bonds. The highest BCUT2D eigenvalue weighted by Gasteiger charge is 1.95. The fourth-order valence-corrected chi connectivity index (χ4v) is 1.74. The van der Waals surface area contributed by atoms with Crippen molar-refractivity contribution < 1.29 is 5.11 Å². The van der Waals surface area contributed by atoms with Crippen LogP contribution in [0.25, 0.3) is 0 Å². The van der Waals surface area contributed by atoms with Gasteiger partial charge in [0.05, 0.1) is 5.69 Å². The highest BCUT2D eigenvalue weighted by atomic mass is 79.9. The molecule has 0 fully saturated rings. The molecule has 1 N–H and O–H groups in total. The molecule has 3 heteroatoms. The Hall–Kier alpha value is -1.61. The van der Waals surface area contributed by atoms with Crippen LogP contribution in [-0.2, 0) is 0 Å². The molecule has 2 aromatic carbocycles. The SMILES string of the molecule is Cc1ccc(N=Cc2ccc(O)cc2)cc1Br. The summed E-state index contributed by atoms with van der Waals surface area (Å²) in [4.78, 5) is 4.37. The molecule has 0 radical (unpaired) electrons. The van der Waals surface area contributed by atoms with E-state index in [0.717, 1.165) is 15.7 Å². The van der Waals surface area contributed by atoms with E-state index in [9.17, 15) is 0 Å². The maximum Gasteiger partial charge on any atom is 0.115 e. The molecule has 2 rings (SSSR count). The summed E-state index contributed by atoms with van der Waals surface area (Å²) in [6.07, 6.45) is 1.77. The van der Waals surface area contributed by atoms with E-state index in [1.165, 1.54) is 5.56 Å². The van der Waals surface area contributed by atoms with Gasteiger partial charge in [0.2, 0.25) is 0 Å². The first-order chi connectivity index (χ1) is 8.15. The van der Waals surface area contributed by atoms with Gasteiger partial charge in [0.25, 0.3) is 0 Å². The lowest BCUT2D eigenvalue weighted by atomic mass is 10.2. The van der Waals surface area contributed by atoms with Crippen molar-refractivity contribution in [2.45, 2.75) is 6.92 Å². The van der Waals surface area contributed by atoms with Crippen molar-refractivity contribution in [1.82, 2.24) is 0 Å². The molecule has 0 spiro atoms. The maximum absolute atomic E-state index is 9.16. The van der Waals surface area contributed by atoms with Gasteiger partial charge in [0.1, 0.15) is 5.75 Å². The van der Waals surface area contributed by atoms with Crippen LogP contribution in [0.5, 0.6) is 5.75 Å². The van der Waals surface area contributed by atoms with Gasteiger partial charge < -0.3 is 5.11 Å². The minimum absolute atomic E-state index is 0.264. The Labute approximate surface area is 109 Å². The largest absolute Gasteiger partial charge is 0.508 e. The van der Waals surface area contributed by atoms with Crippen molar-refractivity contribution in [3.8, 4) is 5.75 Å². The molecule has 0 aliphatic heterocycles. The summed E-state index contributed by atoms with van der Waals surface area (Å²) in [5, 5.41) is 9.16. The molecule has 2 nitrogen and oxygen atoms in total. The molecule has 0 saturated carbocycles. The van der Waals surface area contributed by atoms with E-state index in [1.54, 1.807) is 18.3 Å². The molecule has 0 unspecified atom stereocenters. The monoisotopic (exact) mass is 289 g/mol. The third kappa shape index (κ3) is 3.17. The molecule has 0 aliphatic rings. The van der Waals surface area contributed by atoms with Gasteiger partial charge in [-0.05, 0) is 54.4 Å². The van der Waals surface area contributed by atoms with Gasteiger partial charge in [0.15, 0.2) is 0 Å². The number of hydrogen-bond donors (Lipinski definition) is 1. The molecule has 0 bridgehead atoms.